The van der Waals surface area contributed by atoms with Crippen LogP contribution < -0.4 is 15.3 Å². The molecule has 0 spiro atoms. The molecule has 49 heavy (non-hydrogen) atoms. The van der Waals surface area contributed by atoms with E-state index in [1.165, 1.54) is 0 Å². The molecular weight excluding hydrogens is 676 g/mol. The molecule has 0 aromatic heterocycles. The van der Waals surface area contributed by atoms with Crippen LogP contribution in [0.2, 0.25) is 0 Å². The molecule has 3 aromatic carbocycles. The molecule has 0 bridgehead atoms. The Morgan fingerprint density at radius 1 is 0.449 bits per heavy atom. The van der Waals surface area contributed by atoms with Gasteiger partial charge in [0, 0.05) is 53.9 Å². The third-order valence-corrected chi connectivity index (χ3v) is 5.98. The zero-order valence-electron chi connectivity index (χ0n) is 26.4. The van der Waals surface area contributed by atoms with Crippen molar-refractivity contribution in [3.05, 3.63) is 108 Å². The fraction of sp³-hybridized carbons (Fsp3) is 0.229. The van der Waals surface area contributed by atoms with Crippen molar-refractivity contribution in [2.75, 3.05) is 6.61 Å². The fourth-order valence-corrected chi connectivity index (χ4v) is 3.39. The van der Waals surface area contributed by atoms with Gasteiger partial charge in [0.2, 0.25) is 0 Å². The molecule has 0 unspecified atom stereocenters. The Labute approximate surface area is 294 Å². The summed E-state index contributed by atoms with van der Waals surface area (Å²) in [6.07, 6.45) is -3.30. The van der Waals surface area contributed by atoms with Gasteiger partial charge in [-0.3, -0.25) is 28.8 Å². The number of rotatable bonds is 16. The summed E-state index contributed by atoms with van der Waals surface area (Å²) >= 11 is 1.68. The van der Waals surface area contributed by atoms with E-state index >= 15 is 0 Å². The van der Waals surface area contributed by atoms with E-state index in [-0.39, 0.29) is 17.3 Å². The fourth-order valence-electron chi connectivity index (χ4n) is 3.39. The van der Waals surface area contributed by atoms with Crippen LogP contribution in [0.1, 0.15) is 76.5 Å². The normalized spacial score (nSPS) is 9.45. The van der Waals surface area contributed by atoms with Gasteiger partial charge in [-0.2, -0.15) is 0 Å². The molecule has 0 radical (unpaired) electrons. The Kier molecular flexibility index (Phi) is 23.0. The summed E-state index contributed by atoms with van der Waals surface area (Å²) in [5.41, 5.74) is 1.22. The van der Waals surface area contributed by atoms with Crippen LogP contribution in [0.15, 0.2) is 91.0 Å². The van der Waals surface area contributed by atoms with Crippen LogP contribution in [0, 0.1) is 0 Å². The maximum Gasteiger partial charge on any atom is 0.170 e. The van der Waals surface area contributed by atoms with E-state index in [1.807, 2.05) is 6.92 Å². The molecule has 0 amide bonds. The molecule has 0 heterocycles. The molecule has 13 nitrogen and oxygen atoms in total. The Morgan fingerprint density at radius 3 is 0.816 bits per heavy atom. The second-order valence-electron chi connectivity index (χ2n) is 9.59. The first-order chi connectivity index (χ1) is 23.2. The number of carbonyl (C=O) groups excluding carboxylic acids is 9. The number of carboxylic acid groups (broad SMARTS) is 3. The second-order valence-corrected chi connectivity index (χ2v) is 10.0. The number of carbonyl (C=O) groups is 9. The summed E-state index contributed by atoms with van der Waals surface area (Å²) in [7, 11) is 0. The molecule has 0 fully saturated rings. The average molecular weight is 708 g/mol. The molecule has 3 rings (SSSR count). The van der Waals surface area contributed by atoms with Crippen molar-refractivity contribution in [1.82, 2.24) is 0 Å². The molecule has 14 heteroatoms. The van der Waals surface area contributed by atoms with Crippen molar-refractivity contribution < 1.29 is 82.6 Å². The molecule has 3 aromatic rings. The Balaban J connectivity index is 0.000000667. The van der Waals surface area contributed by atoms with Crippen molar-refractivity contribution >= 4 is 52.6 Å². The van der Waals surface area contributed by atoms with Crippen LogP contribution in [-0.4, -0.2) is 59.2 Å². The zero-order chi connectivity index (χ0) is 37.2. The average Bonchev–Trinajstić information content (AvgIpc) is 3.05. The van der Waals surface area contributed by atoms with Gasteiger partial charge >= 0.3 is 37.7 Å². The predicted octanol–water partition coefficient (Wildman–Crippen LogP) is 0.390. The molecule has 0 aliphatic rings. The topological polar surface area (TPSA) is 232 Å². The quantitative estimate of drug-likeness (QED) is 0.111. The number of hydrogen-bond donors (Lipinski definition) is 0. The maximum absolute atomic E-state index is 11.4. The van der Waals surface area contributed by atoms with Gasteiger partial charge < -0.3 is 29.7 Å². The van der Waals surface area contributed by atoms with Crippen LogP contribution in [0.4, 0.5) is 0 Å². The van der Waals surface area contributed by atoms with Crippen LogP contribution in [0.3, 0.4) is 0 Å². The first-order valence-corrected chi connectivity index (χ1v) is 15.0. The van der Waals surface area contributed by atoms with Crippen molar-refractivity contribution in [3.8, 4) is 0 Å². The van der Waals surface area contributed by atoms with Gasteiger partial charge in [0.25, 0.3) is 0 Å². The SMILES string of the molecule is CC[O][Ti+3].O=C([O-])CC(=O)CC(=O)c1ccccc1.O=C([O-])CC(=O)CC(=O)c1ccccc1.O=C([O-])CC(=O)CC(=O)c1ccccc1. The van der Waals surface area contributed by atoms with E-state index in [1.54, 1.807) is 112 Å². The molecule has 0 saturated heterocycles. The van der Waals surface area contributed by atoms with Crippen LogP contribution in [-0.2, 0) is 52.9 Å². The number of aliphatic carboxylic acids is 3. The molecule has 0 aliphatic heterocycles. The zero-order valence-corrected chi connectivity index (χ0v) is 28.0. The molecule has 0 aliphatic carbocycles. The van der Waals surface area contributed by atoms with Gasteiger partial charge in [0.05, 0.1) is 19.3 Å². The van der Waals surface area contributed by atoms with Gasteiger partial charge in [-0.25, -0.2) is 0 Å². The van der Waals surface area contributed by atoms with E-state index in [9.17, 15) is 58.5 Å². The van der Waals surface area contributed by atoms with Gasteiger partial charge in [0.15, 0.2) is 17.3 Å². The third-order valence-electron chi connectivity index (χ3n) is 5.53. The van der Waals surface area contributed by atoms with Crippen LogP contribution in [0.5, 0.6) is 0 Å². The van der Waals surface area contributed by atoms with Crippen LogP contribution >= 0.6 is 0 Å². The molecule has 254 valence electrons. The third kappa shape index (κ3) is 22.9. The monoisotopic (exact) mass is 708 g/mol. The maximum atomic E-state index is 11.4. The van der Waals surface area contributed by atoms with Gasteiger partial charge in [-0.05, 0) is 0 Å². The molecule has 0 saturated carbocycles. The minimum Gasteiger partial charge on any atom is -0.550 e. The Hall–Kier alpha value is -5.24. The Bertz CT molecular complexity index is 1370. The molecular formula is C35H32O13Ti. The summed E-state index contributed by atoms with van der Waals surface area (Å²) in [4.78, 5) is 97.4. The standard InChI is InChI=1S/3C11H10O4.C2H5O.Ti/c3*12-9(7-11(14)15)6-10(13)8-4-2-1-3-5-8;1-2-3;/h3*1-5H,6-7H2,(H,14,15);2H2,1H3;/q;;;-1;+4/p-3. The minimum absolute atomic E-state index is 0.373. The number of hydrogen-bond acceptors (Lipinski definition) is 13. The number of carboxylic acids is 3. The van der Waals surface area contributed by atoms with Gasteiger partial charge in [-0.1, -0.05) is 91.0 Å². The van der Waals surface area contributed by atoms with Crippen molar-refractivity contribution in [3.63, 3.8) is 0 Å². The molecule has 0 N–H and O–H groups in total. The Morgan fingerprint density at radius 2 is 0.653 bits per heavy atom. The number of Topliss-reactive ketones (excluding diaryl/α,β-unsaturated/α-hetero) is 6. The second kappa shape index (κ2) is 25.8. The number of ketones is 6. The summed E-state index contributed by atoms with van der Waals surface area (Å²) in [6, 6.07) is 24.8. The van der Waals surface area contributed by atoms with Gasteiger partial charge in [0.1, 0.15) is 17.3 Å². The van der Waals surface area contributed by atoms with E-state index in [2.05, 4.69) is 3.32 Å². The van der Waals surface area contributed by atoms with E-state index in [0.717, 1.165) is 6.61 Å². The van der Waals surface area contributed by atoms with Crippen molar-refractivity contribution in [2.24, 2.45) is 0 Å². The predicted molar refractivity (Wildman–Crippen MR) is 162 cm³/mol. The largest absolute Gasteiger partial charge is 0.550 e. The van der Waals surface area contributed by atoms with E-state index < -0.39 is 73.8 Å². The smallest absolute Gasteiger partial charge is 0.170 e. The minimum atomic E-state index is -1.46. The summed E-state index contributed by atoms with van der Waals surface area (Å²) in [6.45, 7) is 2.78. The number of benzene rings is 3. The van der Waals surface area contributed by atoms with E-state index in [0.29, 0.717) is 16.7 Å². The van der Waals surface area contributed by atoms with Crippen molar-refractivity contribution in [1.29, 1.82) is 0 Å². The van der Waals surface area contributed by atoms with Crippen LogP contribution in [0.25, 0.3) is 0 Å². The van der Waals surface area contributed by atoms with E-state index in [4.69, 9.17) is 0 Å². The summed E-state index contributed by atoms with van der Waals surface area (Å²) in [5.74, 6) is -7.40. The van der Waals surface area contributed by atoms with Crippen molar-refractivity contribution in [2.45, 2.75) is 45.4 Å². The molecule has 0 atom stereocenters. The van der Waals surface area contributed by atoms with Gasteiger partial charge in [-0.15, -0.1) is 0 Å². The first-order valence-electron chi connectivity index (χ1n) is 14.4. The summed E-state index contributed by atoms with van der Waals surface area (Å²) in [5, 5.41) is 30.3. The first kappa shape index (κ1) is 43.8. The summed E-state index contributed by atoms with van der Waals surface area (Å²) < 4.78 is 4.54.